The van der Waals surface area contributed by atoms with Crippen LogP contribution in [0.1, 0.15) is 22.8 Å². The van der Waals surface area contributed by atoms with Crippen LogP contribution in [0.2, 0.25) is 10.0 Å². The van der Waals surface area contributed by atoms with Gasteiger partial charge in [0.2, 0.25) is 5.88 Å². The van der Waals surface area contributed by atoms with Crippen LogP contribution in [0, 0.1) is 0 Å². The highest BCUT2D eigenvalue weighted by Crippen LogP contribution is 2.30. The zero-order valence-electron chi connectivity index (χ0n) is 10.6. The van der Waals surface area contributed by atoms with Crippen molar-refractivity contribution in [2.45, 2.75) is 13.3 Å². The third-order valence-corrected chi connectivity index (χ3v) is 3.31. The average Bonchev–Trinajstić information content (AvgIpc) is 2.42. The molecule has 20 heavy (non-hydrogen) atoms. The van der Waals surface area contributed by atoms with Crippen LogP contribution in [0.25, 0.3) is 0 Å². The van der Waals surface area contributed by atoms with Gasteiger partial charge in [-0.05, 0) is 36.2 Å². The maximum absolute atomic E-state index is 10.8. The smallest absolute Gasteiger partial charge is 0.337 e. The molecule has 0 bridgehead atoms. The molecule has 0 amide bonds. The van der Waals surface area contributed by atoms with E-state index in [0.29, 0.717) is 10.8 Å². The number of nitrogens with zero attached hydrogens (tertiary/aromatic N) is 1. The largest absolute Gasteiger partial charge is 0.478 e. The van der Waals surface area contributed by atoms with E-state index in [2.05, 4.69) is 4.98 Å². The van der Waals surface area contributed by atoms with Gasteiger partial charge < -0.3 is 9.84 Å². The molecule has 1 aromatic heterocycles. The summed E-state index contributed by atoms with van der Waals surface area (Å²) in [4.78, 5) is 14.7. The van der Waals surface area contributed by atoms with Gasteiger partial charge in [0.05, 0.1) is 5.56 Å². The molecule has 0 fully saturated rings. The van der Waals surface area contributed by atoms with E-state index in [-0.39, 0.29) is 16.5 Å². The lowest BCUT2D eigenvalue weighted by atomic mass is 10.1. The molecular formula is C14H11Cl2NO3. The minimum Gasteiger partial charge on any atom is -0.478 e. The Morgan fingerprint density at radius 2 is 2.05 bits per heavy atom. The third kappa shape index (κ3) is 3.21. The van der Waals surface area contributed by atoms with Crippen LogP contribution in [-0.2, 0) is 6.42 Å². The number of carboxylic acids is 1. The van der Waals surface area contributed by atoms with Gasteiger partial charge in [0.1, 0.15) is 10.8 Å². The van der Waals surface area contributed by atoms with Gasteiger partial charge >= 0.3 is 5.97 Å². The lowest BCUT2D eigenvalue weighted by Crippen LogP contribution is -1.98. The van der Waals surface area contributed by atoms with Crippen LogP contribution >= 0.6 is 23.2 Å². The Morgan fingerprint density at radius 1 is 1.30 bits per heavy atom. The van der Waals surface area contributed by atoms with Gasteiger partial charge in [0.15, 0.2) is 0 Å². The highest BCUT2D eigenvalue weighted by Gasteiger charge is 2.11. The van der Waals surface area contributed by atoms with E-state index < -0.39 is 5.97 Å². The Hall–Kier alpha value is -1.78. The Kier molecular flexibility index (Phi) is 4.47. The first-order valence-electron chi connectivity index (χ1n) is 5.86. The molecule has 0 atom stereocenters. The van der Waals surface area contributed by atoms with Crippen LogP contribution in [0.15, 0.2) is 30.5 Å². The third-order valence-electron chi connectivity index (χ3n) is 2.67. The predicted octanol–water partition coefficient (Wildman–Crippen LogP) is 4.44. The van der Waals surface area contributed by atoms with Gasteiger partial charge in [-0.3, -0.25) is 0 Å². The summed E-state index contributed by atoms with van der Waals surface area (Å²) < 4.78 is 5.55. The number of pyridine rings is 1. The quantitative estimate of drug-likeness (QED) is 0.906. The second-order valence-electron chi connectivity index (χ2n) is 4.02. The molecule has 0 radical (unpaired) electrons. The molecule has 0 aliphatic heterocycles. The van der Waals surface area contributed by atoms with E-state index in [1.807, 2.05) is 6.92 Å². The van der Waals surface area contributed by atoms with Gasteiger partial charge in [-0.25, -0.2) is 9.78 Å². The van der Waals surface area contributed by atoms with E-state index in [0.717, 1.165) is 12.0 Å². The first-order chi connectivity index (χ1) is 9.51. The van der Waals surface area contributed by atoms with Crippen molar-refractivity contribution in [2.75, 3.05) is 0 Å². The summed E-state index contributed by atoms with van der Waals surface area (Å²) >= 11 is 12.0. The summed E-state index contributed by atoms with van der Waals surface area (Å²) in [6.45, 7) is 1.98. The Bertz CT molecular complexity index is 659. The standard InChI is InChI=1S/C14H11Cl2NO3/c1-2-8-5-10(3-4-11(8)15)20-13-12(16)6-9(7-17-13)14(18)19/h3-7H,2H2,1H3,(H,18,19). The molecule has 0 saturated carbocycles. The van der Waals surface area contributed by atoms with E-state index >= 15 is 0 Å². The molecule has 1 N–H and O–H groups in total. The number of hydrogen-bond donors (Lipinski definition) is 1. The number of aromatic carboxylic acids is 1. The minimum atomic E-state index is -1.09. The number of ether oxygens (including phenoxy) is 1. The summed E-state index contributed by atoms with van der Waals surface area (Å²) in [5.41, 5.74) is 0.954. The summed E-state index contributed by atoms with van der Waals surface area (Å²) in [5, 5.41) is 9.64. The molecule has 4 nitrogen and oxygen atoms in total. The number of aromatic nitrogens is 1. The normalized spacial score (nSPS) is 10.3. The van der Waals surface area contributed by atoms with Crippen LogP contribution in [-0.4, -0.2) is 16.1 Å². The van der Waals surface area contributed by atoms with Crippen LogP contribution in [0.5, 0.6) is 11.6 Å². The zero-order chi connectivity index (χ0) is 14.7. The van der Waals surface area contributed by atoms with Gasteiger partial charge in [0, 0.05) is 11.2 Å². The lowest BCUT2D eigenvalue weighted by Gasteiger charge is -2.09. The monoisotopic (exact) mass is 311 g/mol. The van der Waals surface area contributed by atoms with Crippen molar-refractivity contribution in [2.24, 2.45) is 0 Å². The second kappa shape index (κ2) is 6.11. The summed E-state index contributed by atoms with van der Waals surface area (Å²) in [5.74, 6) is -0.393. The molecule has 1 aromatic carbocycles. The molecule has 0 spiro atoms. The topological polar surface area (TPSA) is 59.4 Å². The Morgan fingerprint density at radius 3 is 2.65 bits per heavy atom. The molecular weight excluding hydrogens is 301 g/mol. The lowest BCUT2D eigenvalue weighted by molar-refractivity contribution is 0.0696. The fourth-order valence-corrected chi connectivity index (χ4v) is 2.07. The molecule has 1 heterocycles. The van der Waals surface area contributed by atoms with Gasteiger partial charge in [0.25, 0.3) is 0 Å². The van der Waals surface area contributed by atoms with Gasteiger partial charge in [-0.15, -0.1) is 0 Å². The Labute approximate surface area is 125 Å². The molecule has 2 aromatic rings. The molecule has 0 aliphatic carbocycles. The van der Waals surface area contributed by atoms with E-state index in [4.69, 9.17) is 33.0 Å². The second-order valence-corrected chi connectivity index (χ2v) is 4.84. The van der Waals surface area contributed by atoms with Crippen LogP contribution < -0.4 is 4.74 Å². The predicted molar refractivity (Wildman–Crippen MR) is 77.1 cm³/mol. The fraction of sp³-hybridized carbons (Fsp3) is 0.143. The van der Waals surface area contributed by atoms with Crippen LogP contribution in [0.3, 0.4) is 0 Å². The van der Waals surface area contributed by atoms with Crippen molar-refractivity contribution in [1.82, 2.24) is 4.98 Å². The SMILES string of the molecule is CCc1cc(Oc2ncc(C(=O)O)cc2Cl)ccc1Cl. The van der Waals surface area contributed by atoms with Gasteiger partial charge in [-0.1, -0.05) is 30.1 Å². The first kappa shape index (κ1) is 14.6. The summed E-state index contributed by atoms with van der Waals surface area (Å²) in [6, 6.07) is 6.52. The number of carbonyl (C=O) groups is 1. The van der Waals surface area contributed by atoms with Crippen molar-refractivity contribution in [3.8, 4) is 11.6 Å². The Balaban J connectivity index is 2.28. The molecule has 0 unspecified atom stereocenters. The molecule has 2 rings (SSSR count). The van der Waals surface area contributed by atoms with Crippen molar-refractivity contribution < 1.29 is 14.6 Å². The number of benzene rings is 1. The summed E-state index contributed by atoms with van der Waals surface area (Å²) in [7, 11) is 0. The number of halogens is 2. The first-order valence-corrected chi connectivity index (χ1v) is 6.62. The van der Waals surface area contributed by atoms with E-state index in [9.17, 15) is 4.79 Å². The maximum Gasteiger partial charge on any atom is 0.337 e. The number of carboxylic acid groups (broad SMARTS) is 1. The number of aryl methyl sites for hydroxylation is 1. The van der Waals surface area contributed by atoms with Crippen LogP contribution in [0.4, 0.5) is 0 Å². The fourth-order valence-electron chi connectivity index (χ4n) is 1.61. The van der Waals surface area contributed by atoms with Crippen molar-refractivity contribution >= 4 is 29.2 Å². The molecule has 0 saturated heterocycles. The molecule has 104 valence electrons. The minimum absolute atomic E-state index is 0.00713. The maximum atomic E-state index is 10.8. The zero-order valence-corrected chi connectivity index (χ0v) is 12.1. The number of hydrogen-bond acceptors (Lipinski definition) is 3. The van der Waals surface area contributed by atoms with Crippen molar-refractivity contribution in [3.63, 3.8) is 0 Å². The van der Waals surface area contributed by atoms with E-state index in [1.54, 1.807) is 18.2 Å². The molecule has 6 heteroatoms. The molecule has 0 aliphatic rings. The summed E-state index contributed by atoms with van der Waals surface area (Å²) in [6.07, 6.45) is 1.97. The average molecular weight is 312 g/mol. The highest BCUT2D eigenvalue weighted by atomic mass is 35.5. The van der Waals surface area contributed by atoms with Crippen molar-refractivity contribution in [3.05, 3.63) is 51.6 Å². The highest BCUT2D eigenvalue weighted by molar-refractivity contribution is 6.32. The van der Waals surface area contributed by atoms with Crippen molar-refractivity contribution in [1.29, 1.82) is 0 Å². The van der Waals surface area contributed by atoms with Gasteiger partial charge in [-0.2, -0.15) is 0 Å². The van der Waals surface area contributed by atoms with E-state index in [1.165, 1.54) is 12.3 Å². The number of rotatable bonds is 4.